The number of rotatable bonds is 6. The van der Waals surface area contributed by atoms with Crippen LogP contribution in [-0.2, 0) is 6.42 Å². The number of benzene rings is 1. The van der Waals surface area contributed by atoms with E-state index in [1.54, 1.807) is 0 Å². The van der Waals surface area contributed by atoms with Crippen LogP contribution in [-0.4, -0.2) is 6.04 Å². The van der Waals surface area contributed by atoms with Crippen molar-refractivity contribution in [2.45, 2.75) is 57.9 Å². The Labute approximate surface area is 112 Å². The van der Waals surface area contributed by atoms with Crippen LogP contribution in [0.1, 0.15) is 51.0 Å². The van der Waals surface area contributed by atoms with Gasteiger partial charge in [0.2, 0.25) is 0 Å². The molecule has 100 valence electrons. The Morgan fingerprint density at radius 2 is 2.00 bits per heavy atom. The van der Waals surface area contributed by atoms with Crippen molar-refractivity contribution in [1.82, 2.24) is 0 Å². The average Bonchev–Trinajstić information content (AvgIpc) is 2.89. The molecular weight excluding hydrogens is 218 g/mol. The molecule has 2 rings (SSSR count). The lowest BCUT2D eigenvalue weighted by atomic mass is 9.92. The third kappa shape index (κ3) is 3.84. The van der Waals surface area contributed by atoms with E-state index in [2.05, 4.69) is 37.3 Å². The van der Waals surface area contributed by atoms with Gasteiger partial charge in [0.15, 0.2) is 0 Å². The second kappa shape index (κ2) is 6.94. The maximum absolute atomic E-state index is 6.36. The van der Waals surface area contributed by atoms with Crippen molar-refractivity contribution in [3.8, 4) is 0 Å². The Hall–Kier alpha value is -0.820. The number of nitrogens with two attached hydrogens (primary N) is 1. The summed E-state index contributed by atoms with van der Waals surface area (Å²) in [6, 6.07) is 11.2. The molecule has 1 nitrogen and oxygen atoms in total. The topological polar surface area (TPSA) is 26.0 Å². The predicted molar refractivity (Wildman–Crippen MR) is 78.5 cm³/mol. The lowest BCUT2D eigenvalue weighted by molar-refractivity contribution is 0.383. The van der Waals surface area contributed by atoms with Crippen LogP contribution in [0.5, 0.6) is 0 Å². The smallest absolute Gasteiger partial charge is 0.00673 e. The molecule has 0 spiro atoms. The van der Waals surface area contributed by atoms with Gasteiger partial charge < -0.3 is 5.73 Å². The molecule has 2 N–H and O–H groups in total. The minimum absolute atomic E-state index is 0.435. The summed E-state index contributed by atoms with van der Waals surface area (Å²) in [6.45, 7) is 2.31. The molecule has 0 radical (unpaired) electrons. The van der Waals surface area contributed by atoms with Gasteiger partial charge in [0, 0.05) is 6.04 Å². The van der Waals surface area contributed by atoms with Gasteiger partial charge in [-0.2, -0.15) is 0 Å². The fraction of sp³-hybridized carbons (Fsp3) is 0.647. The highest BCUT2D eigenvalue weighted by Crippen LogP contribution is 2.35. The Bertz CT molecular complexity index is 333. The van der Waals surface area contributed by atoms with E-state index in [1.165, 1.54) is 50.5 Å². The van der Waals surface area contributed by atoms with Crippen LogP contribution in [0.25, 0.3) is 0 Å². The normalized spacial score (nSPS) is 25.2. The van der Waals surface area contributed by atoms with E-state index in [0.717, 1.165) is 11.8 Å². The SMILES string of the molecule is CCC1CCC(C(N)CCCc2ccccc2)C1. The summed E-state index contributed by atoms with van der Waals surface area (Å²) in [6.07, 6.45) is 9.10. The van der Waals surface area contributed by atoms with E-state index in [9.17, 15) is 0 Å². The Balaban J connectivity index is 1.68. The molecule has 0 amide bonds. The van der Waals surface area contributed by atoms with Gasteiger partial charge in [0.1, 0.15) is 0 Å². The highest BCUT2D eigenvalue weighted by atomic mass is 14.7. The zero-order valence-electron chi connectivity index (χ0n) is 11.6. The van der Waals surface area contributed by atoms with Crippen LogP contribution >= 0.6 is 0 Å². The Morgan fingerprint density at radius 1 is 1.22 bits per heavy atom. The molecule has 3 unspecified atom stereocenters. The Morgan fingerprint density at radius 3 is 2.67 bits per heavy atom. The Kier molecular flexibility index (Phi) is 5.25. The first-order valence-electron chi connectivity index (χ1n) is 7.59. The molecule has 1 aliphatic rings. The summed E-state index contributed by atoms with van der Waals surface area (Å²) in [4.78, 5) is 0. The van der Waals surface area contributed by atoms with Gasteiger partial charge in [-0.15, -0.1) is 0 Å². The van der Waals surface area contributed by atoms with Crippen LogP contribution in [0.2, 0.25) is 0 Å². The van der Waals surface area contributed by atoms with Gasteiger partial charge in [-0.05, 0) is 49.5 Å². The van der Waals surface area contributed by atoms with E-state index in [-0.39, 0.29) is 0 Å². The zero-order valence-corrected chi connectivity index (χ0v) is 11.6. The van der Waals surface area contributed by atoms with Gasteiger partial charge in [-0.3, -0.25) is 0 Å². The minimum Gasteiger partial charge on any atom is -0.327 e. The lowest BCUT2D eigenvalue weighted by Crippen LogP contribution is -2.28. The molecule has 1 fully saturated rings. The van der Waals surface area contributed by atoms with E-state index in [4.69, 9.17) is 5.73 Å². The summed E-state index contributed by atoms with van der Waals surface area (Å²) in [7, 11) is 0. The fourth-order valence-electron chi connectivity index (χ4n) is 3.30. The lowest BCUT2D eigenvalue weighted by Gasteiger charge is -2.19. The van der Waals surface area contributed by atoms with Crippen molar-refractivity contribution in [3.05, 3.63) is 35.9 Å². The molecule has 18 heavy (non-hydrogen) atoms. The van der Waals surface area contributed by atoms with Crippen molar-refractivity contribution >= 4 is 0 Å². The molecule has 3 atom stereocenters. The van der Waals surface area contributed by atoms with E-state index in [0.29, 0.717) is 6.04 Å². The monoisotopic (exact) mass is 245 g/mol. The summed E-state index contributed by atoms with van der Waals surface area (Å²) in [5, 5.41) is 0. The molecule has 0 aromatic heterocycles. The third-order valence-corrected chi connectivity index (χ3v) is 4.61. The number of aryl methyl sites for hydroxylation is 1. The van der Waals surface area contributed by atoms with Gasteiger partial charge in [-0.25, -0.2) is 0 Å². The third-order valence-electron chi connectivity index (χ3n) is 4.61. The molecule has 1 saturated carbocycles. The van der Waals surface area contributed by atoms with Gasteiger partial charge in [0.05, 0.1) is 0 Å². The first-order valence-corrected chi connectivity index (χ1v) is 7.59. The second-order valence-corrected chi connectivity index (χ2v) is 5.89. The largest absolute Gasteiger partial charge is 0.327 e. The van der Waals surface area contributed by atoms with Crippen LogP contribution in [0.4, 0.5) is 0 Å². The van der Waals surface area contributed by atoms with Gasteiger partial charge in [0.25, 0.3) is 0 Å². The summed E-state index contributed by atoms with van der Waals surface area (Å²) in [5.74, 6) is 1.75. The highest BCUT2D eigenvalue weighted by Gasteiger charge is 2.27. The van der Waals surface area contributed by atoms with Crippen molar-refractivity contribution < 1.29 is 0 Å². The maximum atomic E-state index is 6.36. The maximum Gasteiger partial charge on any atom is 0.00673 e. The average molecular weight is 245 g/mol. The molecule has 1 aliphatic carbocycles. The quantitative estimate of drug-likeness (QED) is 0.800. The van der Waals surface area contributed by atoms with Gasteiger partial charge >= 0.3 is 0 Å². The summed E-state index contributed by atoms with van der Waals surface area (Å²) in [5.41, 5.74) is 7.81. The first-order chi connectivity index (χ1) is 8.79. The zero-order chi connectivity index (χ0) is 12.8. The molecule has 1 aromatic carbocycles. The van der Waals surface area contributed by atoms with Crippen LogP contribution in [0, 0.1) is 11.8 Å². The summed E-state index contributed by atoms with van der Waals surface area (Å²) < 4.78 is 0. The molecule has 0 saturated heterocycles. The van der Waals surface area contributed by atoms with Crippen LogP contribution in [0.3, 0.4) is 0 Å². The minimum atomic E-state index is 0.435. The van der Waals surface area contributed by atoms with Crippen molar-refractivity contribution in [2.75, 3.05) is 0 Å². The van der Waals surface area contributed by atoms with E-state index < -0.39 is 0 Å². The number of hydrogen-bond acceptors (Lipinski definition) is 1. The van der Waals surface area contributed by atoms with Crippen LogP contribution in [0.15, 0.2) is 30.3 Å². The molecular formula is C17H27N. The molecule has 1 heteroatoms. The molecule has 0 bridgehead atoms. The van der Waals surface area contributed by atoms with Crippen molar-refractivity contribution in [3.63, 3.8) is 0 Å². The highest BCUT2D eigenvalue weighted by molar-refractivity contribution is 5.14. The number of hydrogen-bond donors (Lipinski definition) is 1. The fourth-order valence-corrected chi connectivity index (χ4v) is 3.30. The molecule has 1 aromatic rings. The van der Waals surface area contributed by atoms with Crippen molar-refractivity contribution in [1.29, 1.82) is 0 Å². The second-order valence-electron chi connectivity index (χ2n) is 5.89. The van der Waals surface area contributed by atoms with Crippen molar-refractivity contribution in [2.24, 2.45) is 17.6 Å². The van der Waals surface area contributed by atoms with E-state index >= 15 is 0 Å². The van der Waals surface area contributed by atoms with E-state index in [1.807, 2.05) is 0 Å². The predicted octanol–water partition coefficient (Wildman–Crippen LogP) is 4.16. The van der Waals surface area contributed by atoms with Gasteiger partial charge in [-0.1, -0.05) is 50.1 Å². The summed E-state index contributed by atoms with van der Waals surface area (Å²) >= 11 is 0. The van der Waals surface area contributed by atoms with Crippen LogP contribution < -0.4 is 5.73 Å². The standard InChI is InChI=1S/C17H27N/c1-2-14-11-12-16(13-14)17(18)10-6-9-15-7-4-3-5-8-15/h3-5,7-8,14,16-17H,2,6,9-13,18H2,1H3. The molecule has 0 aliphatic heterocycles. The molecule has 0 heterocycles. The first kappa shape index (κ1) is 13.6.